The summed E-state index contributed by atoms with van der Waals surface area (Å²) in [5.74, 6) is 0.309. The van der Waals surface area contributed by atoms with Gasteiger partial charge in [0.2, 0.25) is 0 Å². The molecule has 0 atom stereocenters. The summed E-state index contributed by atoms with van der Waals surface area (Å²) in [5, 5.41) is 14.6. The zero-order chi connectivity index (χ0) is 19.3. The van der Waals surface area contributed by atoms with Crippen LogP contribution in [0.3, 0.4) is 0 Å². The molecule has 0 radical (unpaired) electrons. The predicted octanol–water partition coefficient (Wildman–Crippen LogP) is 4.77. The molecular formula is C22H20N6. The van der Waals surface area contributed by atoms with E-state index in [0.717, 1.165) is 44.5 Å². The van der Waals surface area contributed by atoms with Gasteiger partial charge in [0.1, 0.15) is 6.33 Å². The minimum atomic E-state index is 0.309. The summed E-state index contributed by atoms with van der Waals surface area (Å²) in [7, 11) is 0. The van der Waals surface area contributed by atoms with Crippen molar-refractivity contribution in [2.45, 2.75) is 26.7 Å². The Morgan fingerprint density at radius 1 is 1.04 bits per heavy atom. The number of aromatic amines is 1. The van der Waals surface area contributed by atoms with E-state index in [1.165, 1.54) is 5.56 Å². The molecule has 0 bridgehead atoms. The highest BCUT2D eigenvalue weighted by atomic mass is 15.3. The van der Waals surface area contributed by atoms with Crippen LogP contribution in [0, 0.1) is 6.92 Å². The summed E-state index contributed by atoms with van der Waals surface area (Å²) in [6.45, 7) is 6.45. The summed E-state index contributed by atoms with van der Waals surface area (Å²) in [5.41, 5.74) is 7.33. The molecule has 138 valence electrons. The molecule has 0 aliphatic heterocycles. The van der Waals surface area contributed by atoms with Gasteiger partial charge in [-0.3, -0.25) is 10.1 Å². The third kappa shape index (κ3) is 2.57. The molecule has 6 nitrogen and oxygen atoms in total. The van der Waals surface area contributed by atoms with Crippen molar-refractivity contribution in [1.29, 1.82) is 0 Å². The van der Waals surface area contributed by atoms with Crippen molar-refractivity contribution in [3.8, 4) is 22.5 Å². The van der Waals surface area contributed by atoms with Gasteiger partial charge in [-0.25, -0.2) is 9.50 Å². The normalized spacial score (nSPS) is 11.7. The van der Waals surface area contributed by atoms with Crippen molar-refractivity contribution in [2.24, 2.45) is 0 Å². The number of aryl methyl sites for hydroxylation is 1. The van der Waals surface area contributed by atoms with E-state index < -0.39 is 0 Å². The number of aromatic nitrogens is 6. The maximum Gasteiger partial charge on any atom is 0.158 e. The molecule has 0 saturated heterocycles. The van der Waals surface area contributed by atoms with Crippen LogP contribution < -0.4 is 0 Å². The first-order valence-electron chi connectivity index (χ1n) is 9.34. The first-order valence-corrected chi connectivity index (χ1v) is 9.34. The molecule has 6 heteroatoms. The number of rotatable bonds is 3. The predicted molar refractivity (Wildman–Crippen MR) is 110 cm³/mol. The zero-order valence-electron chi connectivity index (χ0n) is 16.0. The molecule has 0 amide bonds. The zero-order valence-corrected chi connectivity index (χ0v) is 16.0. The molecule has 0 aliphatic rings. The van der Waals surface area contributed by atoms with E-state index >= 15 is 0 Å². The van der Waals surface area contributed by atoms with Gasteiger partial charge >= 0.3 is 0 Å². The molecule has 4 heterocycles. The second-order valence-electron chi connectivity index (χ2n) is 7.39. The number of fused-ring (bicyclic) bond motifs is 2. The van der Waals surface area contributed by atoms with Gasteiger partial charge in [0.05, 0.1) is 11.4 Å². The number of hydrogen-bond acceptors (Lipinski definition) is 4. The van der Waals surface area contributed by atoms with Gasteiger partial charge in [-0.1, -0.05) is 26.0 Å². The lowest BCUT2D eigenvalue weighted by Crippen LogP contribution is -1.96. The lowest BCUT2D eigenvalue weighted by atomic mass is 9.93. The quantitative estimate of drug-likeness (QED) is 0.498. The van der Waals surface area contributed by atoms with E-state index in [0.29, 0.717) is 5.92 Å². The van der Waals surface area contributed by atoms with Gasteiger partial charge in [0.15, 0.2) is 5.65 Å². The fourth-order valence-corrected chi connectivity index (χ4v) is 3.81. The van der Waals surface area contributed by atoms with Crippen LogP contribution in [0.2, 0.25) is 0 Å². The maximum atomic E-state index is 4.70. The highest BCUT2D eigenvalue weighted by Gasteiger charge is 2.20. The Hall–Kier alpha value is -3.54. The van der Waals surface area contributed by atoms with Crippen LogP contribution >= 0.6 is 0 Å². The smallest absolute Gasteiger partial charge is 0.158 e. The SMILES string of the molecule is Cc1cc(-c2[nH]nc(-c3ccc4cnccc4c3)c2C(C)C)cn2ncnc12. The Balaban J connectivity index is 1.70. The molecule has 1 N–H and O–H groups in total. The number of nitrogens with one attached hydrogen (secondary N) is 1. The molecular weight excluding hydrogens is 348 g/mol. The molecule has 28 heavy (non-hydrogen) atoms. The second kappa shape index (κ2) is 6.27. The van der Waals surface area contributed by atoms with Crippen LogP contribution in [-0.4, -0.2) is 29.8 Å². The van der Waals surface area contributed by atoms with E-state index in [1.54, 1.807) is 6.33 Å². The van der Waals surface area contributed by atoms with E-state index in [4.69, 9.17) is 5.10 Å². The lowest BCUT2D eigenvalue weighted by molar-refractivity contribution is 0.871. The summed E-state index contributed by atoms with van der Waals surface area (Å²) < 4.78 is 1.82. The van der Waals surface area contributed by atoms with Gasteiger partial charge < -0.3 is 0 Å². The summed E-state index contributed by atoms with van der Waals surface area (Å²) in [6.07, 6.45) is 7.29. The summed E-state index contributed by atoms with van der Waals surface area (Å²) >= 11 is 0. The Bertz CT molecular complexity index is 1310. The molecule has 0 saturated carbocycles. The highest BCUT2D eigenvalue weighted by Crippen LogP contribution is 2.36. The Labute approximate surface area is 162 Å². The van der Waals surface area contributed by atoms with Crippen LogP contribution in [0.25, 0.3) is 38.9 Å². The second-order valence-corrected chi connectivity index (χ2v) is 7.39. The van der Waals surface area contributed by atoms with Gasteiger partial charge in [0.25, 0.3) is 0 Å². The third-order valence-electron chi connectivity index (χ3n) is 5.14. The van der Waals surface area contributed by atoms with Crippen molar-refractivity contribution in [3.63, 3.8) is 0 Å². The molecule has 4 aromatic heterocycles. The molecule has 0 unspecified atom stereocenters. The third-order valence-corrected chi connectivity index (χ3v) is 5.14. The van der Waals surface area contributed by atoms with Crippen LogP contribution in [0.1, 0.15) is 30.9 Å². The van der Waals surface area contributed by atoms with Crippen molar-refractivity contribution in [2.75, 3.05) is 0 Å². The van der Waals surface area contributed by atoms with Gasteiger partial charge in [-0.15, -0.1) is 0 Å². The number of benzene rings is 1. The number of hydrogen-bond donors (Lipinski definition) is 1. The van der Waals surface area contributed by atoms with Crippen LogP contribution in [0.15, 0.2) is 55.2 Å². The highest BCUT2D eigenvalue weighted by molar-refractivity contribution is 5.87. The van der Waals surface area contributed by atoms with Crippen molar-refractivity contribution in [1.82, 2.24) is 29.8 Å². The van der Waals surface area contributed by atoms with Crippen molar-refractivity contribution >= 4 is 16.4 Å². The number of pyridine rings is 2. The largest absolute Gasteiger partial charge is 0.277 e. The first kappa shape index (κ1) is 16.6. The van der Waals surface area contributed by atoms with E-state index in [-0.39, 0.29) is 0 Å². The van der Waals surface area contributed by atoms with Gasteiger partial charge in [-0.2, -0.15) is 10.2 Å². The van der Waals surface area contributed by atoms with Crippen LogP contribution in [0.5, 0.6) is 0 Å². The molecule has 5 aromatic rings. The van der Waals surface area contributed by atoms with E-state index in [1.807, 2.05) is 29.2 Å². The van der Waals surface area contributed by atoms with E-state index in [9.17, 15) is 0 Å². The Morgan fingerprint density at radius 3 is 2.79 bits per heavy atom. The lowest BCUT2D eigenvalue weighted by Gasteiger charge is -2.11. The van der Waals surface area contributed by atoms with Gasteiger partial charge in [-0.05, 0) is 42.0 Å². The average molecular weight is 368 g/mol. The number of H-pyrrole nitrogens is 1. The van der Waals surface area contributed by atoms with Crippen LogP contribution in [0.4, 0.5) is 0 Å². The van der Waals surface area contributed by atoms with Crippen molar-refractivity contribution < 1.29 is 0 Å². The maximum absolute atomic E-state index is 4.70. The Kier molecular flexibility index (Phi) is 3.72. The molecule has 5 rings (SSSR count). The summed E-state index contributed by atoms with van der Waals surface area (Å²) in [4.78, 5) is 8.51. The monoisotopic (exact) mass is 368 g/mol. The first-order chi connectivity index (χ1) is 13.6. The minimum absolute atomic E-state index is 0.309. The number of nitrogens with zero attached hydrogens (tertiary/aromatic N) is 5. The van der Waals surface area contributed by atoms with E-state index in [2.05, 4.69) is 65.2 Å². The fraction of sp³-hybridized carbons (Fsp3) is 0.182. The summed E-state index contributed by atoms with van der Waals surface area (Å²) in [6, 6.07) is 10.6. The Morgan fingerprint density at radius 2 is 1.93 bits per heavy atom. The molecule has 1 aromatic carbocycles. The molecule has 0 fully saturated rings. The molecule has 0 aliphatic carbocycles. The van der Waals surface area contributed by atoms with Crippen LogP contribution in [-0.2, 0) is 0 Å². The minimum Gasteiger partial charge on any atom is -0.277 e. The average Bonchev–Trinajstić information content (AvgIpc) is 3.34. The standard InChI is InChI=1S/C22H20N6/c1-13(2)19-20(16-4-5-17-10-23-7-6-15(17)9-16)26-27-21(19)18-8-14(3)22-24-12-25-28(22)11-18/h4-13H,1-3H3,(H,26,27). The topological polar surface area (TPSA) is 71.8 Å². The van der Waals surface area contributed by atoms with Gasteiger partial charge in [0, 0.05) is 40.7 Å². The fourth-order valence-electron chi connectivity index (χ4n) is 3.81. The van der Waals surface area contributed by atoms with Crippen molar-refractivity contribution in [3.05, 3.63) is 66.4 Å². The molecule has 0 spiro atoms.